The zero-order chi connectivity index (χ0) is 13.9. The minimum Gasteiger partial charge on any atom is -0.497 e. The van der Waals surface area contributed by atoms with Crippen LogP contribution < -0.4 is 14.8 Å². The van der Waals surface area contributed by atoms with Crippen LogP contribution >= 0.6 is 0 Å². The molecule has 0 unspecified atom stereocenters. The maximum atomic E-state index is 5.67. The predicted molar refractivity (Wildman–Crippen MR) is 72.7 cm³/mol. The summed E-state index contributed by atoms with van der Waals surface area (Å²) < 4.78 is 16.2. The third kappa shape index (κ3) is 2.75. The fourth-order valence-corrected chi connectivity index (χ4v) is 1.93. The number of methoxy groups -OCH3 is 2. The molecule has 1 heterocycles. The SMILES string of the molecule is COc1ccc(OC)c(-c2nnc(CNC3CC3)o2)c1. The van der Waals surface area contributed by atoms with E-state index in [1.807, 2.05) is 18.2 Å². The molecule has 6 heteroatoms. The van der Waals surface area contributed by atoms with Gasteiger partial charge < -0.3 is 19.2 Å². The van der Waals surface area contributed by atoms with Crippen LogP contribution in [0.25, 0.3) is 11.5 Å². The van der Waals surface area contributed by atoms with Crippen LogP contribution in [0.2, 0.25) is 0 Å². The molecule has 1 N–H and O–H groups in total. The van der Waals surface area contributed by atoms with Crippen molar-refractivity contribution in [2.24, 2.45) is 0 Å². The number of nitrogens with one attached hydrogen (secondary N) is 1. The average Bonchev–Trinajstić information content (AvgIpc) is 3.21. The van der Waals surface area contributed by atoms with Crippen molar-refractivity contribution in [3.05, 3.63) is 24.1 Å². The van der Waals surface area contributed by atoms with Gasteiger partial charge in [0, 0.05) is 6.04 Å². The standard InChI is InChI=1S/C14H17N3O3/c1-18-10-5-6-12(19-2)11(7-10)14-17-16-13(20-14)8-15-9-3-4-9/h5-7,9,15H,3-4,8H2,1-2H3. The summed E-state index contributed by atoms with van der Waals surface area (Å²) in [6, 6.07) is 6.08. The van der Waals surface area contributed by atoms with Crippen LogP contribution in [0.1, 0.15) is 18.7 Å². The molecule has 106 valence electrons. The Labute approximate surface area is 117 Å². The number of hydrogen-bond donors (Lipinski definition) is 1. The molecule has 3 rings (SSSR count). The molecule has 0 radical (unpaired) electrons. The van der Waals surface area contributed by atoms with E-state index >= 15 is 0 Å². The molecule has 2 aromatic rings. The van der Waals surface area contributed by atoms with E-state index in [0.717, 1.165) is 11.3 Å². The minimum atomic E-state index is 0.438. The Hall–Kier alpha value is -2.08. The Morgan fingerprint density at radius 1 is 1.25 bits per heavy atom. The van der Waals surface area contributed by atoms with Gasteiger partial charge in [-0.3, -0.25) is 0 Å². The van der Waals surface area contributed by atoms with E-state index in [-0.39, 0.29) is 0 Å². The summed E-state index contributed by atoms with van der Waals surface area (Å²) in [6.07, 6.45) is 2.45. The summed E-state index contributed by atoms with van der Waals surface area (Å²) in [5.41, 5.74) is 0.733. The number of ether oxygens (including phenoxy) is 2. The van der Waals surface area contributed by atoms with Crippen molar-refractivity contribution in [2.45, 2.75) is 25.4 Å². The largest absolute Gasteiger partial charge is 0.497 e. The van der Waals surface area contributed by atoms with Crippen molar-refractivity contribution in [2.75, 3.05) is 14.2 Å². The minimum absolute atomic E-state index is 0.438. The second-order valence-corrected chi connectivity index (χ2v) is 4.72. The van der Waals surface area contributed by atoms with Crippen molar-refractivity contribution < 1.29 is 13.9 Å². The van der Waals surface area contributed by atoms with E-state index in [9.17, 15) is 0 Å². The monoisotopic (exact) mass is 275 g/mol. The molecule has 1 aliphatic carbocycles. The topological polar surface area (TPSA) is 69.4 Å². The molecule has 1 aromatic carbocycles. The quantitative estimate of drug-likeness (QED) is 0.869. The summed E-state index contributed by atoms with van der Waals surface area (Å²) in [6.45, 7) is 0.601. The summed E-state index contributed by atoms with van der Waals surface area (Å²) >= 11 is 0. The van der Waals surface area contributed by atoms with E-state index in [1.165, 1.54) is 12.8 Å². The molecule has 0 bridgehead atoms. The summed E-state index contributed by atoms with van der Waals surface area (Å²) in [4.78, 5) is 0. The lowest BCUT2D eigenvalue weighted by Crippen LogP contribution is -2.15. The van der Waals surface area contributed by atoms with Gasteiger partial charge >= 0.3 is 0 Å². The second kappa shape index (κ2) is 5.50. The summed E-state index contributed by atoms with van der Waals surface area (Å²) in [5.74, 6) is 2.41. The van der Waals surface area contributed by atoms with Crippen LogP contribution in [-0.2, 0) is 6.54 Å². The number of nitrogens with zero attached hydrogens (tertiary/aromatic N) is 2. The summed E-state index contributed by atoms with van der Waals surface area (Å²) in [5, 5.41) is 11.5. The molecule has 20 heavy (non-hydrogen) atoms. The normalized spacial score (nSPS) is 14.3. The first-order valence-electron chi connectivity index (χ1n) is 6.58. The molecule has 0 aliphatic heterocycles. The Bertz CT molecular complexity index is 593. The van der Waals surface area contributed by atoms with E-state index in [0.29, 0.717) is 30.1 Å². The molecule has 6 nitrogen and oxygen atoms in total. The van der Waals surface area contributed by atoms with Crippen molar-refractivity contribution in [1.82, 2.24) is 15.5 Å². The van der Waals surface area contributed by atoms with Crippen molar-refractivity contribution in [3.63, 3.8) is 0 Å². The number of hydrogen-bond acceptors (Lipinski definition) is 6. The lowest BCUT2D eigenvalue weighted by atomic mass is 10.2. The Morgan fingerprint density at radius 3 is 2.80 bits per heavy atom. The van der Waals surface area contributed by atoms with E-state index in [1.54, 1.807) is 14.2 Å². The first-order chi connectivity index (χ1) is 9.80. The van der Waals surface area contributed by atoms with Gasteiger partial charge in [-0.2, -0.15) is 0 Å². The highest BCUT2D eigenvalue weighted by molar-refractivity contribution is 5.64. The van der Waals surface area contributed by atoms with Gasteiger partial charge in [0.1, 0.15) is 11.5 Å². The van der Waals surface area contributed by atoms with Gasteiger partial charge in [-0.05, 0) is 31.0 Å². The highest BCUT2D eigenvalue weighted by Crippen LogP contribution is 2.32. The van der Waals surface area contributed by atoms with Gasteiger partial charge in [0.15, 0.2) is 0 Å². The number of benzene rings is 1. The fourth-order valence-electron chi connectivity index (χ4n) is 1.93. The first kappa shape index (κ1) is 12.9. The van der Waals surface area contributed by atoms with E-state index in [2.05, 4.69) is 15.5 Å². The highest BCUT2D eigenvalue weighted by Gasteiger charge is 2.21. The van der Waals surface area contributed by atoms with E-state index in [4.69, 9.17) is 13.9 Å². The zero-order valence-corrected chi connectivity index (χ0v) is 11.5. The first-order valence-corrected chi connectivity index (χ1v) is 6.58. The van der Waals surface area contributed by atoms with Crippen LogP contribution in [0.5, 0.6) is 11.5 Å². The van der Waals surface area contributed by atoms with Crippen molar-refractivity contribution >= 4 is 0 Å². The molecule has 1 aliphatic rings. The third-order valence-corrected chi connectivity index (χ3v) is 3.22. The summed E-state index contributed by atoms with van der Waals surface area (Å²) in [7, 11) is 3.22. The smallest absolute Gasteiger partial charge is 0.251 e. The number of aromatic nitrogens is 2. The van der Waals surface area contributed by atoms with Gasteiger partial charge in [-0.1, -0.05) is 0 Å². The van der Waals surface area contributed by atoms with Crippen molar-refractivity contribution in [3.8, 4) is 23.0 Å². The Kier molecular flexibility index (Phi) is 3.56. The zero-order valence-electron chi connectivity index (χ0n) is 11.5. The lowest BCUT2D eigenvalue weighted by Gasteiger charge is -2.07. The Morgan fingerprint density at radius 2 is 2.10 bits per heavy atom. The molecule has 0 spiro atoms. The Balaban J connectivity index is 1.83. The van der Waals surface area contributed by atoms with Crippen molar-refractivity contribution in [1.29, 1.82) is 0 Å². The van der Waals surface area contributed by atoms with Gasteiger partial charge in [0.2, 0.25) is 5.89 Å². The second-order valence-electron chi connectivity index (χ2n) is 4.72. The maximum absolute atomic E-state index is 5.67. The van der Waals surface area contributed by atoms with E-state index < -0.39 is 0 Å². The van der Waals surface area contributed by atoms with Crippen LogP contribution in [0.15, 0.2) is 22.6 Å². The highest BCUT2D eigenvalue weighted by atomic mass is 16.5. The molecule has 1 fully saturated rings. The molecule has 1 saturated carbocycles. The molecule has 0 atom stereocenters. The van der Waals surface area contributed by atoms with Gasteiger partial charge in [-0.25, -0.2) is 0 Å². The number of rotatable bonds is 6. The van der Waals surface area contributed by atoms with Gasteiger partial charge in [0.05, 0.1) is 26.3 Å². The molecule has 1 aromatic heterocycles. The maximum Gasteiger partial charge on any atom is 0.251 e. The third-order valence-electron chi connectivity index (χ3n) is 3.22. The van der Waals surface area contributed by atoms with Crippen LogP contribution in [0, 0.1) is 0 Å². The average molecular weight is 275 g/mol. The van der Waals surface area contributed by atoms with Crippen LogP contribution in [0.4, 0.5) is 0 Å². The molecule has 0 amide bonds. The molecular formula is C14H17N3O3. The molecular weight excluding hydrogens is 258 g/mol. The van der Waals surface area contributed by atoms with Gasteiger partial charge in [-0.15, -0.1) is 10.2 Å². The van der Waals surface area contributed by atoms with Crippen LogP contribution in [-0.4, -0.2) is 30.5 Å². The predicted octanol–water partition coefficient (Wildman–Crippen LogP) is 2.01. The van der Waals surface area contributed by atoms with Gasteiger partial charge in [0.25, 0.3) is 5.89 Å². The molecule has 0 saturated heterocycles. The van der Waals surface area contributed by atoms with Crippen LogP contribution in [0.3, 0.4) is 0 Å². The lowest BCUT2D eigenvalue weighted by molar-refractivity contribution is 0.402. The fraction of sp³-hybridized carbons (Fsp3) is 0.429.